The van der Waals surface area contributed by atoms with Crippen molar-refractivity contribution in [1.82, 2.24) is 10.6 Å². The van der Waals surface area contributed by atoms with E-state index >= 15 is 0 Å². The number of ether oxygens (including phenoxy) is 4. The second-order valence-corrected chi connectivity index (χ2v) is 19.3. The highest BCUT2D eigenvalue weighted by molar-refractivity contribution is 6.15. The predicted molar refractivity (Wildman–Crippen MR) is 281 cm³/mol. The number of methoxy groups -OCH3 is 2. The molecule has 4 N–H and O–H groups in total. The maximum Gasteiger partial charge on any atom is 0.261 e. The van der Waals surface area contributed by atoms with E-state index in [0.29, 0.717) is 87.6 Å². The molecule has 5 aromatic rings. The molecule has 0 radical (unpaired) electrons. The Hall–Kier alpha value is -7.88. The van der Waals surface area contributed by atoms with Crippen LogP contribution in [0.3, 0.4) is 0 Å². The van der Waals surface area contributed by atoms with Crippen LogP contribution in [0.2, 0.25) is 0 Å². The summed E-state index contributed by atoms with van der Waals surface area (Å²) in [5, 5.41) is 11.8. The van der Waals surface area contributed by atoms with Gasteiger partial charge in [-0.2, -0.15) is 0 Å². The van der Waals surface area contributed by atoms with E-state index in [9.17, 15) is 24.0 Å². The van der Waals surface area contributed by atoms with E-state index < -0.39 is 17.9 Å². The molecule has 0 saturated heterocycles. The van der Waals surface area contributed by atoms with Gasteiger partial charge in [0.2, 0.25) is 17.7 Å². The van der Waals surface area contributed by atoms with Crippen LogP contribution in [0.25, 0.3) is 0 Å². The highest BCUT2D eigenvalue weighted by Crippen LogP contribution is 2.43. The number of rotatable bonds is 20. The Balaban J connectivity index is 0.915. The molecule has 0 aromatic heterocycles. The van der Waals surface area contributed by atoms with E-state index in [0.717, 1.165) is 54.6 Å². The highest BCUT2D eigenvalue weighted by atomic mass is 16.5. The smallest absolute Gasteiger partial charge is 0.261 e. The van der Waals surface area contributed by atoms with Crippen molar-refractivity contribution < 1.29 is 42.9 Å². The fraction of sp³-hybridized carbons (Fsp3) is 0.368. The zero-order valence-corrected chi connectivity index (χ0v) is 42.0. The Labute approximate surface area is 425 Å². The monoisotopic (exact) mass is 989 g/mol. The molecule has 4 aliphatic heterocycles. The average molecular weight is 990 g/mol. The molecule has 9 rings (SSSR count). The van der Waals surface area contributed by atoms with Crippen LogP contribution in [0, 0.1) is 5.92 Å². The van der Waals surface area contributed by atoms with Crippen LogP contribution in [0.15, 0.2) is 96.0 Å². The second-order valence-electron chi connectivity index (χ2n) is 19.3. The lowest BCUT2D eigenvalue weighted by Gasteiger charge is -2.22. The topological polar surface area (TPSA) is 189 Å². The third kappa shape index (κ3) is 11.1. The summed E-state index contributed by atoms with van der Waals surface area (Å²) in [6.07, 6.45) is 8.60. The average Bonchev–Trinajstić information content (AvgIpc) is 3.88. The molecule has 0 fully saturated rings. The normalized spacial score (nSPS) is 16.7. The summed E-state index contributed by atoms with van der Waals surface area (Å²) >= 11 is 0. The van der Waals surface area contributed by atoms with Gasteiger partial charge in [-0.15, -0.1) is 0 Å². The second kappa shape index (κ2) is 22.3. The first-order valence-corrected chi connectivity index (χ1v) is 25.2. The van der Waals surface area contributed by atoms with Gasteiger partial charge in [-0.05, 0) is 90.4 Å². The van der Waals surface area contributed by atoms with Crippen molar-refractivity contribution in [3.8, 4) is 23.0 Å². The summed E-state index contributed by atoms with van der Waals surface area (Å²) in [6, 6.07) is 26.8. The molecule has 0 aliphatic carbocycles. The molecule has 73 heavy (non-hydrogen) atoms. The third-order valence-electron chi connectivity index (χ3n) is 13.9. The Morgan fingerprint density at radius 1 is 0.740 bits per heavy atom. The summed E-state index contributed by atoms with van der Waals surface area (Å²) in [6.45, 7) is 6.27. The van der Waals surface area contributed by atoms with Crippen molar-refractivity contribution >= 4 is 64.2 Å². The van der Waals surface area contributed by atoms with Gasteiger partial charge in [0.15, 0.2) is 23.0 Å². The zero-order valence-electron chi connectivity index (χ0n) is 42.0. The molecule has 0 spiro atoms. The molecule has 0 bridgehead atoms. The molecule has 4 heterocycles. The standard InChI is InChI=1S/C57H63N7O9/c1-6-13-34(2)14-7-12-19-53(65)60-31-54(66)61-35(3)55(67)62-40-21-36(32-72-51-27-45-43(25-49(51)70-4)56(68)63-41(29-58-45)23-38-15-8-10-17-47(38)63)20-37(22-40)33-73-52-28-46-44(26-50(52)71-5)57(69)64-42(30-59-46)24-39-16-9-11-18-48(39)64/h8-11,15-18,20-22,25-29,34-35,41-42,59H,6-7,12-14,19,23-24,30-33H2,1-5H3,(H,60,65)(H,61,66)(H,62,67)/t34?,35?,41-,42?/m0/s1. The zero-order chi connectivity index (χ0) is 51.2. The minimum absolute atomic E-state index is 0.00435. The van der Waals surface area contributed by atoms with Crippen molar-refractivity contribution in [3.05, 3.63) is 124 Å². The van der Waals surface area contributed by atoms with Gasteiger partial charge in [-0.3, -0.25) is 33.9 Å². The van der Waals surface area contributed by atoms with Crippen molar-refractivity contribution in [2.45, 2.75) is 103 Å². The van der Waals surface area contributed by atoms with Crippen LogP contribution in [-0.4, -0.2) is 81.2 Å². The van der Waals surface area contributed by atoms with Crippen LogP contribution in [-0.2, 0) is 40.4 Å². The van der Waals surface area contributed by atoms with E-state index in [2.05, 4.69) is 41.2 Å². The first-order valence-electron chi connectivity index (χ1n) is 25.2. The van der Waals surface area contributed by atoms with Crippen molar-refractivity contribution in [3.63, 3.8) is 0 Å². The number of nitrogens with one attached hydrogen (secondary N) is 4. The van der Waals surface area contributed by atoms with Crippen LogP contribution in [0.5, 0.6) is 23.0 Å². The molecule has 16 nitrogen and oxygen atoms in total. The molecule has 380 valence electrons. The van der Waals surface area contributed by atoms with Gasteiger partial charge in [0.05, 0.1) is 55.3 Å². The molecule has 5 aromatic carbocycles. The molecule has 16 heteroatoms. The Morgan fingerprint density at radius 2 is 1.38 bits per heavy atom. The van der Waals surface area contributed by atoms with E-state index in [-0.39, 0.29) is 49.6 Å². The number of anilines is 4. The third-order valence-corrected chi connectivity index (χ3v) is 13.9. The fourth-order valence-corrected chi connectivity index (χ4v) is 10.2. The van der Waals surface area contributed by atoms with Crippen LogP contribution < -0.4 is 50.0 Å². The summed E-state index contributed by atoms with van der Waals surface area (Å²) in [7, 11) is 3.03. The minimum atomic E-state index is -0.955. The Bertz CT molecular complexity index is 2960. The van der Waals surface area contributed by atoms with Crippen LogP contribution >= 0.6 is 0 Å². The lowest BCUT2D eigenvalue weighted by atomic mass is 9.99. The predicted octanol–water partition coefficient (Wildman–Crippen LogP) is 8.70. The van der Waals surface area contributed by atoms with Crippen LogP contribution in [0.4, 0.5) is 28.4 Å². The molecule has 4 aliphatic rings. The van der Waals surface area contributed by atoms with Gasteiger partial charge in [0.1, 0.15) is 19.3 Å². The van der Waals surface area contributed by atoms with Crippen molar-refractivity contribution in [1.29, 1.82) is 0 Å². The molecule has 5 amide bonds. The molecule has 3 unspecified atom stereocenters. The fourth-order valence-electron chi connectivity index (χ4n) is 10.2. The molecule has 4 atom stereocenters. The van der Waals surface area contributed by atoms with E-state index in [4.69, 9.17) is 23.9 Å². The summed E-state index contributed by atoms with van der Waals surface area (Å²) in [5.41, 5.74) is 7.59. The number of unbranched alkanes of at least 4 members (excludes halogenated alkanes) is 1. The van der Waals surface area contributed by atoms with Gasteiger partial charge < -0.3 is 45.1 Å². The molecule has 0 saturated carbocycles. The number of amides is 5. The van der Waals surface area contributed by atoms with Crippen molar-refractivity contribution in [2.75, 3.05) is 47.7 Å². The number of carbonyl (C=O) groups is 5. The maximum atomic E-state index is 14.1. The molecular weight excluding hydrogens is 927 g/mol. The number of nitrogens with zero attached hydrogens (tertiary/aromatic N) is 3. The van der Waals surface area contributed by atoms with Gasteiger partial charge in [-0.1, -0.05) is 75.9 Å². The van der Waals surface area contributed by atoms with Gasteiger partial charge in [0, 0.05) is 54.8 Å². The van der Waals surface area contributed by atoms with Gasteiger partial charge >= 0.3 is 0 Å². The summed E-state index contributed by atoms with van der Waals surface area (Å²) in [4.78, 5) is 75.6. The number of para-hydroxylation sites is 2. The largest absolute Gasteiger partial charge is 0.493 e. The highest BCUT2D eigenvalue weighted by Gasteiger charge is 2.39. The SMILES string of the molecule is CCCC(C)CCCCC(=O)NCC(=O)NC(C)C(=O)Nc1cc(COc2cc3c(cc2OC)C(=O)N2c4ccccc4C[C@H]2C=N3)cc(COc2cc3c(cc2OC)C(=O)N2c4ccccc4CC2CN3)c1. The maximum absolute atomic E-state index is 14.1. The van der Waals surface area contributed by atoms with Gasteiger partial charge in [0.25, 0.3) is 11.8 Å². The van der Waals surface area contributed by atoms with E-state index in [1.54, 1.807) is 54.4 Å². The summed E-state index contributed by atoms with van der Waals surface area (Å²) in [5.74, 6) is 0.573. The number of fused-ring (bicyclic) bond motifs is 8. The Morgan fingerprint density at radius 3 is 2.08 bits per heavy atom. The van der Waals surface area contributed by atoms with E-state index in [1.165, 1.54) is 20.6 Å². The molecular formula is C57H63N7O9. The number of carbonyl (C=O) groups excluding carboxylic acids is 5. The minimum Gasteiger partial charge on any atom is -0.493 e. The lowest BCUT2D eigenvalue weighted by molar-refractivity contribution is -0.128. The number of hydrogen-bond donors (Lipinski definition) is 4. The number of aliphatic imine (C=N–C) groups is 1. The Kier molecular flexibility index (Phi) is 15.3. The van der Waals surface area contributed by atoms with E-state index in [1.807, 2.05) is 53.4 Å². The number of hydrogen-bond acceptors (Lipinski definition) is 11. The first-order chi connectivity index (χ1) is 35.4. The lowest BCUT2D eigenvalue weighted by Crippen LogP contribution is -2.45. The quantitative estimate of drug-likeness (QED) is 0.0549. The van der Waals surface area contributed by atoms with Crippen molar-refractivity contribution in [2.24, 2.45) is 10.9 Å². The van der Waals surface area contributed by atoms with Crippen LogP contribution in [0.1, 0.15) is 102 Å². The van der Waals surface area contributed by atoms with Gasteiger partial charge in [-0.25, -0.2) is 0 Å². The number of benzene rings is 5. The summed E-state index contributed by atoms with van der Waals surface area (Å²) < 4.78 is 24.4. The first kappa shape index (κ1) is 50.1.